The van der Waals surface area contributed by atoms with E-state index in [4.69, 9.17) is 43.4 Å². The summed E-state index contributed by atoms with van der Waals surface area (Å²) < 4.78 is 33.5. The summed E-state index contributed by atoms with van der Waals surface area (Å²) in [5.74, 6) is 3.81. The van der Waals surface area contributed by atoms with Gasteiger partial charge in [0.2, 0.25) is 5.54 Å². The quantitative estimate of drug-likeness (QED) is 0.121. The molecule has 3 aromatic rings. The topological polar surface area (TPSA) is 136 Å². The highest BCUT2D eigenvalue weighted by Gasteiger charge is 2.43. The van der Waals surface area contributed by atoms with Gasteiger partial charge in [0.1, 0.15) is 0 Å². The molecule has 0 spiro atoms. The Hall–Kier alpha value is -5.13. The number of ether oxygens (including phenoxy) is 6. The third-order valence-corrected chi connectivity index (χ3v) is 10.7. The molecule has 3 heterocycles. The fraction of sp³-hybridized carbons (Fsp3) is 0.475. The molecular formula is C40H48N4O8. The summed E-state index contributed by atoms with van der Waals surface area (Å²) in [6.07, 6.45) is 4.49. The van der Waals surface area contributed by atoms with Crippen molar-refractivity contribution >= 4 is 17.1 Å². The first-order valence-corrected chi connectivity index (χ1v) is 17.8. The van der Waals surface area contributed by atoms with Crippen LogP contribution >= 0.6 is 0 Å². The summed E-state index contributed by atoms with van der Waals surface area (Å²) >= 11 is 0. The van der Waals surface area contributed by atoms with Gasteiger partial charge in [0.15, 0.2) is 34.5 Å². The number of benzene rings is 3. The van der Waals surface area contributed by atoms with E-state index in [1.54, 1.807) is 42.7 Å². The zero-order valence-electron chi connectivity index (χ0n) is 31.0. The van der Waals surface area contributed by atoms with Crippen LogP contribution < -0.4 is 28.4 Å². The van der Waals surface area contributed by atoms with E-state index in [0.29, 0.717) is 92.7 Å². The number of hydrogen-bond acceptors (Lipinski definition) is 11. The molecular weight excluding hydrogens is 664 g/mol. The average Bonchev–Trinajstić information content (AvgIpc) is 3.18. The lowest BCUT2D eigenvalue weighted by Gasteiger charge is -2.29. The number of hydrogen-bond donors (Lipinski definition) is 0. The Balaban J connectivity index is 1.32. The Labute approximate surface area is 305 Å². The lowest BCUT2D eigenvalue weighted by Crippen LogP contribution is -2.40. The summed E-state index contributed by atoms with van der Waals surface area (Å²) in [7, 11) is 9.69. The van der Waals surface area contributed by atoms with Gasteiger partial charge in [0.05, 0.1) is 42.7 Å². The minimum Gasteiger partial charge on any atom is -0.493 e. The largest absolute Gasteiger partial charge is 0.493 e. The fourth-order valence-electron chi connectivity index (χ4n) is 7.72. The van der Waals surface area contributed by atoms with E-state index in [1.165, 1.54) is 0 Å². The van der Waals surface area contributed by atoms with Crippen LogP contribution in [-0.2, 0) is 19.3 Å². The third-order valence-electron chi connectivity index (χ3n) is 10.7. The van der Waals surface area contributed by atoms with Crippen molar-refractivity contribution in [3.8, 4) is 34.5 Å². The lowest BCUT2D eigenvalue weighted by molar-refractivity contribution is -0.573. The van der Waals surface area contributed by atoms with Gasteiger partial charge in [0.25, 0.3) is 0 Å². The first kappa shape index (κ1) is 36.7. The van der Waals surface area contributed by atoms with Crippen molar-refractivity contribution in [1.29, 1.82) is 0 Å². The number of nitro groups is 1. The van der Waals surface area contributed by atoms with Crippen molar-refractivity contribution in [3.05, 3.63) is 79.9 Å². The molecule has 0 saturated heterocycles. The second-order valence-corrected chi connectivity index (χ2v) is 13.3. The molecule has 0 radical (unpaired) electrons. The molecule has 6 rings (SSSR count). The molecule has 0 fully saturated rings. The average molecular weight is 713 g/mol. The van der Waals surface area contributed by atoms with Gasteiger partial charge < -0.3 is 28.4 Å². The Morgan fingerprint density at radius 1 is 0.519 bits per heavy atom. The molecule has 0 aromatic heterocycles. The Bertz CT molecular complexity index is 1710. The van der Waals surface area contributed by atoms with Crippen molar-refractivity contribution in [3.63, 3.8) is 0 Å². The smallest absolute Gasteiger partial charge is 0.223 e. The molecule has 0 aliphatic carbocycles. The van der Waals surface area contributed by atoms with Crippen LogP contribution in [0.4, 0.5) is 0 Å². The number of fused-ring (bicyclic) bond motifs is 3. The van der Waals surface area contributed by atoms with Gasteiger partial charge in [-0.2, -0.15) is 0 Å². The minimum atomic E-state index is -1.29. The Kier molecular flexibility index (Phi) is 11.3. The van der Waals surface area contributed by atoms with E-state index in [-0.39, 0.29) is 4.92 Å². The van der Waals surface area contributed by atoms with E-state index < -0.39 is 5.54 Å². The molecule has 0 N–H and O–H groups in total. The van der Waals surface area contributed by atoms with Gasteiger partial charge in [-0.1, -0.05) is 0 Å². The second-order valence-electron chi connectivity index (χ2n) is 13.3. The SMILES string of the molecule is COc1cc2c(cc1OC)C(CCC(CCC1=NCCc3cc(OC)c(OC)cc31)(CCC1=NCCc3cc(OC)c(OC)cc31)[N+](=O)[O-])=NCC2. The van der Waals surface area contributed by atoms with E-state index >= 15 is 0 Å². The maximum atomic E-state index is 13.5. The van der Waals surface area contributed by atoms with Crippen LogP contribution in [0.3, 0.4) is 0 Å². The van der Waals surface area contributed by atoms with Crippen molar-refractivity contribution in [2.45, 2.75) is 63.3 Å². The van der Waals surface area contributed by atoms with Gasteiger partial charge in [-0.3, -0.25) is 25.1 Å². The normalized spacial score (nSPS) is 14.8. The molecule has 3 aromatic carbocycles. The third kappa shape index (κ3) is 7.29. The fourth-order valence-corrected chi connectivity index (χ4v) is 7.72. The summed E-state index contributed by atoms with van der Waals surface area (Å²) in [6.45, 7) is 1.84. The highest BCUT2D eigenvalue weighted by atomic mass is 16.6. The number of aliphatic imine (C=N–C) groups is 3. The van der Waals surface area contributed by atoms with E-state index in [9.17, 15) is 10.1 Å². The first-order valence-electron chi connectivity index (χ1n) is 17.8. The van der Waals surface area contributed by atoms with Crippen LogP contribution in [0.1, 0.15) is 71.9 Å². The predicted molar refractivity (Wildman–Crippen MR) is 201 cm³/mol. The predicted octanol–water partition coefficient (Wildman–Crippen LogP) is 6.53. The molecule has 12 nitrogen and oxygen atoms in total. The van der Waals surface area contributed by atoms with Gasteiger partial charge in [-0.25, -0.2) is 0 Å². The molecule has 276 valence electrons. The summed E-state index contributed by atoms with van der Waals surface area (Å²) in [4.78, 5) is 28.1. The monoisotopic (exact) mass is 712 g/mol. The van der Waals surface area contributed by atoms with E-state index in [1.807, 2.05) is 36.4 Å². The summed E-state index contributed by atoms with van der Waals surface area (Å²) in [6, 6.07) is 11.8. The highest BCUT2D eigenvalue weighted by molar-refractivity contribution is 6.05. The van der Waals surface area contributed by atoms with Crippen LogP contribution in [0, 0.1) is 10.1 Å². The maximum Gasteiger partial charge on any atom is 0.223 e. The number of methoxy groups -OCH3 is 6. The maximum absolute atomic E-state index is 13.5. The lowest BCUT2D eigenvalue weighted by atomic mass is 9.79. The van der Waals surface area contributed by atoms with Crippen LogP contribution in [0.5, 0.6) is 34.5 Å². The van der Waals surface area contributed by atoms with E-state index in [2.05, 4.69) is 0 Å². The molecule has 0 bridgehead atoms. The zero-order valence-corrected chi connectivity index (χ0v) is 31.0. The Morgan fingerprint density at radius 3 is 1.04 bits per heavy atom. The molecule has 52 heavy (non-hydrogen) atoms. The second kappa shape index (κ2) is 16.0. The van der Waals surface area contributed by atoms with Crippen LogP contribution in [0.25, 0.3) is 0 Å². The zero-order chi connectivity index (χ0) is 36.8. The van der Waals surface area contributed by atoms with Crippen molar-refractivity contribution in [2.75, 3.05) is 62.3 Å². The van der Waals surface area contributed by atoms with Gasteiger partial charge in [-0.15, -0.1) is 0 Å². The first-order chi connectivity index (χ1) is 25.3. The van der Waals surface area contributed by atoms with Crippen molar-refractivity contribution in [1.82, 2.24) is 0 Å². The van der Waals surface area contributed by atoms with Gasteiger partial charge >= 0.3 is 0 Å². The molecule has 0 amide bonds. The molecule has 0 atom stereocenters. The summed E-state index contributed by atoms with van der Waals surface area (Å²) in [5.41, 5.74) is 7.44. The van der Waals surface area contributed by atoms with Crippen LogP contribution in [0.2, 0.25) is 0 Å². The van der Waals surface area contributed by atoms with E-state index in [0.717, 1.165) is 69.8 Å². The number of rotatable bonds is 16. The summed E-state index contributed by atoms with van der Waals surface area (Å²) in [5, 5.41) is 13.5. The van der Waals surface area contributed by atoms with Gasteiger partial charge in [0, 0.05) is 77.6 Å². The molecule has 3 aliphatic rings. The van der Waals surface area contributed by atoms with Crippen LogP contribution in [-0.4, -0.2) is 89.9 Å². The van der Waals surface area contributed by atoms with Crippen LogP contribution in [0.15, 0.2) is 51.4 Å². The van der Waals surface area contributed by atoms with Gasteiger partial charge in [-0.05, 0) is 91.6 Å². The number of nitrogens with zero attached hydrogens (tertiary/aromatic N) is 4. The highest BCUT2D eigenvalue weighted by Crippen LogP contribution is 2.39. The molecule has 0 unspecified atom stereocenters. The molecule has 3 aliphatic heterocycles. The standard InChI is InChI=1S/C40H48N4O8/c1-47-34-19-25-10-16-41-31(28(25)22-37(34)50-4)7-13-40(44(45)46,14-8-32-29-23-38(51-5)35(48-2)20-26(29)11-17-42-32)15-9-33-30-24-39(52-6)36(49-3)21-27(30)12-18-43-33/h19-24H,7-18H2,1-6H3. The Morgan fingerprint density at radius 2 is 0.788 bits per heavy atom. The minimum absolute atomic E-state index is 0.0658. The molecule has 12 heteroatoms. The molecule has 0 saturated carbocycles. The van der Waals surface area contributed by atoms with Crippen molar-refractivity contribution < 1.29 is 33.3 Å². The van der Waals surface area contributed by atoms with Crippen molar-refractivity contribution in [2.24, 2.45) is 15.0 Å².